The summed E-state index contributed by atoms with van der Waals surface area (Å²) in [5, 5.41) is 3.27. The summed E-state index contributed by atoms with van der Waals surface area (Å²) in [7, 11) is 0. The zero-order valence-corrected chi connectivity index (χ0v) is 16.2. The third-order valence-corrected chi connectivity index (χ3v) is 4.73. The highest BCUT2D eigenvalue weighted by Crippen LogP contribution is 2.12. The molecule has 0 bridgehead atoms. The fourth-order valence-corrected chi connectivity index (χ4v) is 3.17. The number of amides is 1. The molecular weight excluding hydrogens is 370 g/mol. The maximum Gasteiger partial charge on any atom is 0.328 e. The number of Topliss-reactive ketones (excluding diaryl/α,β-unsaturated/α-hetero) is 1. The zero-order chi connectivity index (χ0) is 20.8. The van der Waals surface area contributed by atoms with Gasteiger partial charge in [0, 0.05) is 24.2 Å². The summed E-state index contributed by atoms with van der Waals surface area (Å²) in [6, 6.07) is 13.7. The molecule has 0 unspecified atom stereocenters. The van der Waals surface area contributed by atoms with E-state index in [1.807, 2.05) is 0 Å². The van der Waals surface area contributed by atoms with Gasteiger partial charge in [-0.05, 0) is 44.0 Å². The van der Waals surface area contributed by atoms with Crippen LogP contribution in [0.3, 0.4) is 0 Å². The van der Waals surface area contributed by atoms with Crippen molar-refractivity contribution in [3.63, 3.8) is 0 Å². The van der Waals surface area contributed by atoms with Gasteiger partial charge in [-0.25, -0.2) is 4.79 Å². The van der Waals surface area contributed by atoms with Gasteiger partial charge in [-0.1, -0.05) is 30.7 Å². The number of carbonyl (C=O) groups is 2. The Morgan fingerprint density at radius 3 is 2.59 bits per heavy atom. The van der Waals surface area contributed by atoms with Crippen LogP contribution in [0.25, 0.3) is 10.9 Å². The van der Waals surface area contributed by atoms with Crippen LogP contribution >= 0.6 is 0 Å². The summed E-state index contributed by atoms with van der Waals surface area (Å²) in [6.07, 6.45) is 2.29. The quantitative estimate of drug-likeness (QED) is 0.454. The number of para-hydroxylation sites is 1. The van der Waals surface area contributed by atoms with Crippen LogP contribution in [0.5, 0.6) is 0 Å². The topological polar surface area (TPSA) is 101 Å². The predicted octanol–water partition coefficient (Wildman–Crippen LogP) is 3.09. The number of H-pyrrole nitrogens is 1. The fraction of sp³-hybridized carbons (Fsp3) is 0.273. The number of carbonyl (C=O) groups excluding carboxylic acids is 2. The molecule has 0 fully saturated rings. The first kappa shape index (κ1) is 20.3. The smallest absolute Gasteiger partial charge is 0.326 e. The molecule has 0 atom stereocenters. The van der Waals surface area contributed by atoms with Gasteiger partial charge < -0.3 is 10.3 Å². The fourth-order valence-electron chi connectivity index (χ4n) is 3.17. The molecule has 1 heterocycles. The molecule has 1 aromatic heterocycles. The predicted molar refractivity (Wildman–Crippen MR) is 112 cm³/mol. The van der Waals surface area contributed by atoms with Crippen molar-refractivity contribution in [1.82, 2.24) is 9.55 Å². The molecule has 0 saturated carbocycles. The molecule has 0 saturated heterocycles. The van der Waals surface area contributed by atoms with Gasteiger partial charge in [0.25, 0.3) is 5.56 Å². The van der Waals surface area contributed by atoms with Crippen molar-refractivity contribution in [2.45, 2.75) is 39.2 Å². The number of rotatable bonds is 8. The van der Waals surface area contributed by atoms with Crippen molar-refractivity contribution in [3.05, 3.63) is 74.9 Å². The van der Waals surface area contributed by atoms with Crippen LogP contribution in [0.15, 0.2) is 58.1 Å². The van der Waals surface area contributed by atoms with Crippen molar-refractivity contribution in [3.8, 4) is 0 Å². The minimum Gasteiger partial charge on any atom is -0.326 e. The zero-order valence-electron chi connectivity index (χ0n) is 16.2. The van der Waals surface area contributed by atoms with E-state index in [9.17, 15) is 19.2 Å². The van der Waals surface area contributed by atoms with Gasteiger partial charge in [0.05, 0.1) is 10.9 Å². The number of benzene rings is 2. The average Bonchev–Trinajstić information content (AvgIpc) is 2.70. The Hall–Kier alpha value is -3.48. The highest BCUT2D eigenvalue weighted by atomic mass is 16.2. The first-order valence-electron chi connectivity index (χ1n) is 9.58. The van der Waals surface area contributed by atoms with E-state index in [1.54, 1.807) is 48.5 Å². The molecule has 7 heteroatoms. The molecule has 29 heavy (non-hydrogen) atoms. The molecule has 0 aliphatic rings. The van der Waals surface area contributed by atoms with Crippen LogP contribution in [-0.2, 0) is 11.3 Å². The third kappa shape index (κ3) is 5.07. The summed E-state index contributed by atoms with van der Waals surface area (Å²) in [4.78, 5) is 50.8. The van der Waals surface area contributed by atoms with Crippen molar-refractivity contribution in [1.29, 1.82) is 0 Å². The van der Waals surface area contributed by atoms with E-state index in [0.717, 1.165) is 0 Å². The van der Waals surface area contributed by atoms with Gasteiger partial charge >= 0.3 is 5.69 Å². The Morgan fingerprint density at radius 1 is 1.00 bits per heavy atom. The molecule has 0 spiro atoms. The van der Waals surface area contributed by atoms with Crippen LogP contribution in [0.2, 0.25) is 0 Å². The average molecular weight is 393 g/mol. The highest BCUT2D eigenvalue weighted by molar-refractivity contribution is 5.97. The molecule has 2 N–H and O–H groups in total. The number of unbranched alkanes of at least 4 members (excludes halogenated alkanes) is 2. The lowest BCUT2D eigenvalue weighted by atomic mass is 10.1. The maximum atomic E-state index is 12.5. The number of anilines is 1. The molecule has 0 radical (unpaired) electrons. The van der Waals surface area contributed by atoms with Gasteiger partial charge in [0.1, 0.15) is 0 Å². The van der Waals surface area contributed by atoms with Crippen LogP contribution in [0.4, 0.5) is 5.69 Å². The largest absolute Gasteiger partial charge is 0.328 e. The number of nitrogens with one attached hydrogen (secondary N) is 2. The molecule has 0 aliphatic heterocycles. The SMILES string of the molecule is CC(=O)c1cccc(NC(=O)CCCCCn2c(=O)[nH]c3ccccc3c2=O)c1. The number of hydrogen-bond donors (Lipinski definition) is 2. The minimum absolute atomic E-state index is 0.0555. The van der Waals surface area contributed by atoms with Crippen LogP contribution < -0.4 is 16.6 Å². The van der Waals surface area contributed by atoms with Crippen LogP contribution in [0.1, 0.15) is 43.0 Å². The number of aromatic nitrogens is 2. The standard InChI is InChI=1S/C22H23N3O4/c1-15(26)16-8-7-9-17(14-16)23-20(27)12-3-2-6-13-25-21(28)18-10-4-5-11-19(18)24-22(25)29/h4-5,7-11,14H,2-3,6,12-13H2,1H3,(H,23,27)(H,24,29). The van der Waals surface area contributed by atoms with E-state index in [1.165, 1.54) is 11.5 Å². The Kier molecular flexibility index (Phi) is 6.39. The minimum atomic E-state index is -0.420. The van der Waals surface area contributed by atoms with Crippen molar-refractivity contribution in [2.75, 3.05) is 5.32 Å². The van der Waals surface area contributed by atoms with Crippen molar-refractivity contribution >= 4 is 28.3 Å². The van der Waals surface area contributed by atoms with E-state index in [-0.39, 0.29) is 17.2 Å². The molecule has 150 valence electrons. The normalized spacial score (nSPS) is 10.8. The molecule has 1 amide bonds. The molecule has 3 rings (SSSR count). The second kappa shape index (κ2) is 9.14. The van der Waals surface area contributed by atoms with Gasteiger partial charge in [-0.2, -0.15) is 0 Å². The number of hydrogen-bond acceptors (Lipinski definition) is 4. The molecular formula is C22H23N3O4. The van der Waals surface area contributed by atoms with Crippen LogP contribution in [0, 0.1) is 0 Å². The molecule has 0 aliphatic carbocycles. The molecule has 2 aromatic carbocycles. The first-order valence-corrected chi connectivity index (χ1v) is 9.58. The Balaban J connectivity index is 1.49. The Labute approximate surface area is 167 Å². The second-order valence-electron chi connectivity index (χ2n) is 6.93. The van der Waals surface area contributed by atoms with Gasteiger partial charge in [0.15, 0.2) is 5.78 Å². The number of aromatic amines is 1. The van der Waals surface area contributed by atoms with Gasteiger partial charge in [-0.3, -0.25) is 19.0 Å². The number of fused-ring (bicyclic) bond motifs is 1. The summed E-state index contributed by atoms with van der Waals surface area (Å²) >= 11 is 0. The summed E-state index contributed by atoms with van der Waals surface area (Å²) in [6.45, 7) is 1.79. The summed E-state index contributed by atoms with van der Waals surface area (Å²) in [5.74, 6) is -0.188. The van der Waals surface area contributed by atoms with Gasteiger partial charge in [-0.15, -0.1) is 0 Å². The third-order valence-electron chi connectivity index (χ3n) is 4.73. The number of nitrogens with zero attached hydrogens (tertiary/aromatic N) is 1. The summed E-state index contributed by atoms with van der Waals surface area (Å²) in [5.41, 5.74) is 0.958. The Bertz CT molecular complexity index is 1160. The maximum absolute atomic E-state index is 12.5. The van der Waals surface area contributed by atoms with Gasteiger partial charge in [0.2, 0.25) is 5.91 Å². The summed E-state index contributed by atoms with van der Waals surface area (Å²) < 4.78 is 1.20. The lowest BCUT2D eigenvalue weighted by Crippen LogP contribution is -2.35. The van der Waals surface area contributed by atoms with Crippen molar-refractivity contribution in [2.24, 2.45) is 0 Å². The highest BCUT2D eigenvalue weighted by Gasteiger charge is 2.08. The molecule has 3 aromatic rings. The number of ketones is 1. The Morgan fingerprint density at radius 2 is 1.79 bits per heavy atom. The van der Waals surface area contributed by atoms with Crippen LogP contribution in [-0.4, -0.2) is 21.2 Å². The first-order chi connectivity index (χ1) is 14.0. The lowest BCUT2D eigenvalue weighted by Gasteiger charge is -2.08. The van der Waals surface area contributed by atoms with E-state index in [2.05, 4.69) is 10.3 Å². The lowest BCUT2D eigenvalue weighted by molar-refractivity contribution is -0.116. The van der Waals surface area contributed by atoms with E-state index in [0.29, 0.717) is 54.4 Å². The van der Waals surface area contributed by atoms with E-state index >= 15 is 0 Å². The van der Waals surface area contributed by atoms with E-state index in [4.69, 9.17) is 0 Å². The molecule has 7 nitrogen and oxygen atoms in total. The second-order valence-corrected chi connectivity index (χ2v) is 6.93. The van der Waals surface area contributed by atoms with E-state index < -0.39 is 5.69 Å². The van der Waals surface area contributed by atoms with Crippen molar-refractivity contribution < 1.29 is 9.59 Å². The monoisotopic (exact) mass is 393 g/mol.